The Morgan fingerprint density at radius 3 is 2.53 bits per heavy atom. The van der Waals surface area contributed by atoms with Gasteiger partial charge in [-0.25, -0.2) is 0 Å². The molecule has 0 aliphatic heterocycles. The number of amides is 2. The summed E-state index contributed by atoms with van der Waals surface area (Å²) in [5.41, 5.74) is 5.35. The molecule has 0 aliphatic carbocycles. The highest BCUT2D eigenvalue weighted by atomic mass is 16.3. The van der Waals surface area contributed by atoms with Gasteiger partial charge in [-0.3, -0.25) is 14.6 Å². The summed E-state index contributed by atoms with van der Waals surface area (Å²) in [5.74, 6) is -1.31. The molecule has 0 spiro atoms. The van der Waals surface area contributed by atoms with Crippen molar-refractivity contribution in [1.29, 1.82) is 0 Å². The molecule has 1 atom stereocenters. The predicted octanol–water partition coefficient (Wildman–Crippen LogP) is 0.0269. The first-order valence-electron chi connectivity index (χ1n) is 5.16. The van der Waals surface area contributed by atoms with Crippen LogP contribution in [0.5, 0.6) is 5.75 Å². The molecule has 4 N–H and O–H groups in total. The molecule has 1 aromatic heterocycles. The van der Waals surface area contributed by atoms with Crippen LogP contribution in [0.2, 0.25) is 0 Å². The first-order valence-corrected chi connectivity index (χ1v) is 5.16. The number of carbonyl (C=O) groups is 2. The van der Waals surface area contributed by atoms with Gasteiger partial charge in [-0.1, -0.05) is 13.8 Å². The van der Waals surface area contributed by atoms with Crippen LogP contribution in [0, 0.1) is 5.92 Å². The smallest absolute Gasteiger partial charge is 0.253 e. The Bertz CT molecular complexity index is 432. The van der Waals surface area contributed by atoms with Crippen LogP contribution in [0.25, 0.3) is 0 Å². The molecule has 6 heteroatoms. The fourth-order valence-electron chi connectivity index (χ4n) is 1.34. The fourth-order valence-corrected chi connectivity index (χ4v) is 1.34. The van der Waals surface area contributed by atoms with Crippen molar-refractivity contribution >= 4 is 11.8 Å². The quantitative estimate of drug-likeness (QED) is 0.686. The Morgan fingerprint density at radius 2 is 2.06 bits per heavy atom. The number of hydrogen-bond donors (Lipinski definition) is 3. The van der Waals surface area contributed by atoms with Crippen LogP contribution in [-0.4, -0.2) is 27.9 Å². The van der Waals surface area contributed by atoms with Crippen molar-refractivity contribution in [3.05, 3.63) is 24.0 Å². The van der Waals surface area contributed by atoms with Gasteiger partial charge in [0.15, 0.2) is 0 Å². The van der Waals surface area contributed by atoms with Crippen LogP contribution in [0.3, 0.4) is 0 Å². The van der Waals surface area contributed by atoms with Crippen molar-refractivity contribution < 1.29 is 14.7 Å². The molecular formula is C11H15N3O3. The first kappa shape index (κ1) is 13.0. The number of carbonyl (C=O) groups excluding carboxylic acids is 2. The Morgan fingerprint density at radius 1 is 1.41 bits per heavy atom. The molecule has 1 rings (SSSR count). The lowest BCUT2D eigenvalue weighted by Crippen LogP contribution is -2.47. The second-order valence-corrected chi connectivity index (χ2v) is 4.03. The minimum Gasteiger partial charge on any atom is -0.506 e. The highest BCUT2D eigenvalue weighted by Gasteiger charge is 2.22. The van der Waals surface area contributed by atoms with Crippen LogP contribution in [0.1, 0.15) is 24.2 Å². The number of pyridine rings is 1. The Hall–Kier alpha value is -2.11. The second kappa shape index (κ2) is 5.29. The fraction of sp³-hybridized carbons (Fsp3) is 0.364. The van der Waals surface area contributed by atoms with Crippen molar-refractivity contribution in [1.82, 2.24) is 10.3 Å². The van der Waals surface area contributed by atoms with E-state index in [-0.39, 0.29) is 17.2 Å². The molecule has 1 aromatic rings. The summed E-state index contributed by atoms with van der Waals surface area (Å²) < 4.78 is 0. The third-order valence-electron chi connectivity index (χ3n) is 2.25. The lowest BCUT2D eigenvalue weighted by molar-refractivity contribution is -0.120. The summed E-state index contributed by atoms with van der Waals surface area (Å²) >= 11 is 0. The summed E-state index contributed by atoms with van der Waals surface area (Å²) in [5, 5.41) is 11.7. The molecule has 6 nitrogen and oxygen atoms in total. The van der Waals surface area contributed by atoms with E-state index in [1.54, 1.807) is 13.8 Å². The van der Waals surface area contributed by atoms with Gasteiger partial charge in [-0.05, 0) is 12.0 Å². The number of nitrogens with two attached hydrogens (primary N) is 1. The van der Waals surface area contributed by atoms with Gasteiger partial charge >= 0.3 is 0 Å². The van der Waals surface area contributed by atoms with E-state index in [2.05, 4.69) is 10.3 Å². The maximum atomic E-state index is 11.7. The van der Waals surface area contributed by atoms with Crippen LogP contribution < -0.4 is 11.1 Å². The Labute approximate surface area is 98.8 Å². The highest BCUT2D eigenvalue weighted by molar-refractivity contribution is 5.97. The molecule has 2 amide bonds. The number of rotatable bonds is 4. The monoisotopic (exact) mass is 237 g/mol. The number of hydrogen-bond acceptors (Lipinski definition) is 4. The molecule has 0 saturated carbocycles. The number of aromatic nitrogens is 1. The normalized spacial score (nSPS) is 12.2. The lowest BCUT2D eigenvalue weighted by atomic mass is 10.0. The third kappa shape index (κ3) is 3.44. The van der Waals surface area contributed by atoms with Gasteiger partial charge in [-0.2, -0.15) is 0 Å². The molecule has 0 aliphatic rings. The van der Waals surface area contributed by atoms with E-state index in [0.29, 0.717) is 0 Å². The zero-order valence-corrected chi connectivity index (χ0v) is 9.68. The maximum absolute atomic E-state index is 11.7. The average molecular weight is 237 g/mol. The lowest BCUT2D eigenvalue weighted by Gasteiger charge is -2.18. The molecule has 0 saturated heterocycles. The van der Waals surface area contributed by atoms with Gasteiger partial charge in [0.1, 0.15) is 11.8 Å². The van der Waals surface area contributed by atoms with E-state index in [1.807, 2.05) is 0 Å². The van der Waals surface area contributed by atoms with Crippen molar-refractivity contribution in [2.75, 3.05) is 0 Å². The zero-order valence-electron chi connectivity index (χ0n) is 9.68. The molecule has 92 valence electrons. The zero-order chi connectivity index (χ0) is 13.0. The molecule has 0 aromatic carbocycles. The summed E-state index contributed by atoms with van der Waals surface area (Å²) in [7, 11) is 0. The van der Waals surface area contributed by atoms with Crippen molar-refractivity contribution in [3.63, 3.8) is 0 Å². The topological polar surface area (TPSA) is 105 Å². The molecule has 17 heavy (non-hydrogen) atoms. The van der Waals surface area contributed by atoms with Crippen molar-refractivity contribution in [2.24, 2.45) is 11.7 Å². The van der Waals surface area contributed by atoms with Gasteiger partial charge in [0.2, 0.25) is 5.91 Å². The Kier molecular flexibility index (Phi) is 4.03. The van der Waals surface area contributed by atoms with Crippen molar-refractivity contribution in [3.8, 4) is 5.75 Å². The second-order valence-electron chi connectivity index (χ2n) is 4.03. The van der Waals surface area contributed by atoms with Gasteiger partial charge in [0, 0.05) is 6.20 Å². The summed E-state index contributed by atoms with van der Waals surface area (Å²) in [6, 6.07) is 0.519. The number of primary amides is 1. The van der Waals surface area contributed by atoms with Crippen LogP contribution in [-0.2, 0) is 4.79 Å². The largest absolute Gasteiger partial charge is 0.506 e. The Balaban J connectivity index is 2.81. The van der Waals surface area contributed by atoms with Crippen LogP contribution >= 0.6 is 0 Å². The number of aromatic hydroxyl groups is 1. The maximum Gasteiger partial charge on any atom is 0.253 e. The van der Waals surface area contributed by atoms with Crippen LogP contribution in [0.15, 0.2) is 18.5 Å². The minimum atomic E-state index is -0.746. The van der Waals surface area contributed by atoms with Gasteiger partial charge < -0.3 is 16.2 Å². The van der Waals surface area contributed by atoms with E-state index in [1.165, 1.54) is 18.5 Å². The third-order valence-corrected chi connectivity index (χ3v) is 2.25. The molecule has 0 radical (unpaired) electrons. The SMILES string of the molecule is CC(C)C(NC(=O)c1cncc(O)c1)C(N)=O. The van der Waals surface area contributed by atoms with E-state index in [9.17, 15) is 14.7 Å². The van der Waals surface area contributed by atoms with Gasteiger partial charge in [0.05, 0.1) is 11.8 Å². The van der Waals surface area contributed by atoms with E-state index < -0.39 is 17.9 Å². The number of nitrogens with zero attached hydrogens (tertiary/aromatic N) is 1. The van der Waals surface area contributed by atoms with Gasteiger partial charge in [-0.15, -0.1) is 0 Å². The molecule has 0 bridgehead atoms. The summed E-state index contributed by atoms with van der Waals surface area (Å²) in [6.07, 6.45) is 2.51. The average Bonchev–Trinajstić information content (AvgIpc) is 2.24. The minimum absolute atomic E-state index is 0.110. The summed E-state index contributed by atoms with van der Waals surface area (Å²) in [4.78, 5) is 26.5. The van der Waals surface area contributed by atoms with Gasteiger partial charge in [0.25, 0.3) is 5.91 Å². The molecule has 1 unspecified atom stereocenters. The first-order chi connectivity index (χ1) is 7.91. The standard InChI is InChI=1S/C11H15N3O3/c1-6(2)9(10(12)16)14-11(17)7-3-8(15)5-13-4-7/h3-6,9,15H,1-2H3,(H2,12,16)(H,14,17). The molecule has 1 heterocycles. The van der Waals surface area contributed by atoms with Crippen LogP contribution in [0.4, 0.5) is 0 Å². The highest BCUT2D eigenvalue weighted by Crippen LogP contribution is 2.09. The summed E-state index contributed by atoms with van der Waals surface area (Å²) in [6.45, 7) is 3.55. The van der Waals surface area contributed by atoms with E-state index in [4.69, 9.17) is 5.73 Å². The molecule has 0 fully saturated rings. The van der Waals surface area contributed by atoms with E-state index in [0.717, 1.165) is 0 Å². The predicted molar refractivity (Wildman–Crippen MR) is 61.2 cm³/mol. The number of nitrogens with one attached hydrogen (secondary N) is 1. The van der Waals surface area contributed by atoms with Crippen molar-refractivity contribution in [2.45, 2.75) is 19.9 Å². The molecular weight excluding hydrogens is 222 g/mol. The van der Waals surface area contributed by atoms with E-state index >= 15 is 0 Å².